The minimum Gasteiger partial charge on any atom is -0.379 e. The van der Waals surface area contributed by atoms with Gasteiger partial charge in [-0.1, -0.05) is 39.5 Å². The molecule has 0 spiro atoms. The summed E-state index contributed by atoms with van der Waals surface area (Å²) in [4.78, 5) is 133. The molecule has 8 atom stereocenters. The number of hydrogen-bond acceptors (Lipinski definition) is 19. The molecule has 1 aromatic carbocycles. The molecule has 15 fully saturated rings. The molecule has 15 aliphatic carbocycles. The van der Waals surface area contributed by atoms with Crippen LogP contribution in [0.15, 0.2) is 153 Å². The molecule has 0 aliphatic heterocycles. The molecule has 0 saturated heterocycles. The van der Waals surface area contributed by atoms with Crippen molar-refractivity contribution in [2.75, 3.05) is 5.32 Å². The maximum absolute atomic E-state index is 15.0. The number of H-pyrrole nitrogens is 5. The van der Waals surface area contributed by atoms with Crippen molar-refractivity contribution in [3.05, 3.63) is 245 Å². The van der Waals surface area contributed by atoms with E-state index in [1.54, 1.807) is 44.0 Å². The van der Waals surface area contributed by atoms with Gasteiger partial charge in [0.15, 0.2) is 5.69 Å². The van der Waals surface area contributed by atoms with Crippen LogP contribution >= 0.6 is 0 Å². The Bertz CT molecular complexity index is 7160. The molecular weight excluding hydrogens is 1930 g/mol. The van der Waals surface area contributed by atoms with Gasteiger partial charge in [-0.15, -0.1) is 0 Å². The first kappa shape index (κ1) is 105. The van der Waals surface area contributed by atoms with Crippen LogP contribution in [0, 0.1) is 165 Å². The summed E-state index contributed by atoms with van der Waals surface area (Å²) in [6.07, 6.45) is 51.5. The predicted octanol–water partition coefficient (Wildman–Crippen LogP) is 25.1. The molecule has 35 heteroatoms. The summed E-state index contributed by atoms with van der Waals surface area (Å²) in [6.45, 7) is 13.8. The van der Waals surface area contributed by atoms with Crippen LogP contribution in [0.3, 0.4) is 0 Å². The van der Waals surface area contributed by atoms with Gasteiger partial charge in [0.1, 0.15) is 92.2 Å². The highest BCUT2D eigenvalue weighted by Crippen LogP contribution is 2.55. The van der Waals surface area contributed by atoms with Crippen molar-refractivity contribution in [3.63, 3.8) is 0 Å². The molecule has 0 amide bonds. The molecule has 15 saturated carbocycles. The number of halogens is 10. The Morgan fingerprint density at radius 2 is 0.604 bits per heavy atom. The highest BCUT2D eigenvalue weighted by atomic mass is 19.2. The minimum absolute atomic E-state index is 0.117. The number of hydrogen-bond donors (Lipinski definition) is 6. The Balaban J connectivity index is 0.000000124. The summed E-state index contributed by atoms with van der Waals surface area (Å²) < 4.78 is 141. The Morgan fingerprint density at radius 1 is 0.329 bits per heavy atom. The van der Waals surface area contributed by atoms with E-state index >= 15 is 0 Å². The van der Waals surface area contributed by atoms with E-state index in [2.05, 4.69) is 93.8 Å². The molecule has 0 unspecified atom stereocenters. The maximum Gasteiger partial charge on any atom is 0.373 e. The van der Waals surface area contributed by atoms with Crippen molar-refractivity contribution in [1.29, 1.82) is 0 Å². The number of Topliss-reactive ketones (excluding diaryl/α,β-unsaturated/α-hetero) is 1. The van der Waals surface area contributed by atoms with Crippen molar-refractivity contribution in [2.24, 2.45) is 101 Å². The third kappa shape index (κ3) is 23.6. The van der Waals surface area contributed by atoms with Crippen LogP contribution in [-0.2, 0) is 68.8 Å². The molecule has 15 aromatic rings. The lowest BCUT2D eigenvalue weighted by Crippen LogP contribution is -2.51. The van der Waals surface area contributed by atoms with E-state index in [1.165, 1.54) is 202 Å². The number of benzene rings is 1. The average molecular weight is 2040 g/mol. The second kappa shape index (κ2) is 47.5. The number of nitrogens with one attached hydrogen (secondary N) is 6. The third-order valence-corrected chi connectivity index (χ3v) is 33.8. The molecule has 0 radical (unpaired) electrons. The monoisotopic (exact) mass is 2040 g/mol. The first-order valence-corrected chi connectivity index (χ1v) is 50.8. The largest absolute Gasteiger partial charge is 0.379 e. The van der Waals surface area contributed by atoms with E-state index in [0.717, 1.165) is 138 Å². The number of carbonyl (C=O) groups is 1. The summed E-state index contributed by atoms with van der Waals surface area (Å²) in [6, 6.07) is 17.2. The van der Waals surface area contributed by atoms with Gasteiger partial charge in [0.05, 0.1) is 90.8 Å². The zero-order valence-electron chi connectivity index (χ0n) is 82.1. The van der Waals surface area contributed by atoms with Crippen LogP contribution in [0.1, 0.15) is 184 Å². The molecule has 14 heterocycles. The first-order valence-electron chi connectivity index (χ1n) is 50.8. The molecule has 30 rings (SSSR count). The lowest BCUT2D eigenvalue weighted by molar-refractivity contribution is -0.193. The Hall–Kier alpha value is -15.0. The van der Waals surface area contributed by atoms with E-state index in [9.17, 15) is 48.7 Å². The summed E-state index contributed by atoms with van der Waals surface area (Å²) >= 11 is 0. The van der Waals surface area contributed by atoms with Crippen LogP contribution in [0.5, 0.6) is 0 Å². The standard InChI is InChI=1S/C24H22F2N4O.2C22H23F2N3.2C21H21F2N3.4CO2/c1-12(31)22-13-3-5-14(6-4-13)23(22)30-21-8-16(20(27-2)9-19(21)26)18-11-29-24-17(18)7-15(25)10-28-24;2*1-12-13-2-4-14(5-3-13)17(12)6-15-7-21(25-11-20(15)24)19-10-27-22-18(19)8-16(23)9-26-22;2*22-16-8-17-18(10-26-21(17)25-9-16)20-7-15(19(23)11-24-20)6-14-5-12-1-3-13(14)4-2-12;4*2-1-3/h7-11,13-14,22-23,30H,3-6H2,1H3,(H,28,29);2*7-14,17H,2-6H2,1H3,(H,26,27);2*7-14H,1-6H2,(H,25,26);;;;/t13?,14?,22-,23-;2*12-,13?,14?,17+;2*12?,13?,14-;;;;/m00010..../s1. The topological polar surface area (TPSA) is 365 Å². The molecule has 14 aromatic heterocycles. The third-order valence-electron chi connectivity index (χ3n) is 33.8. The van der Waals surface area contributed by atoms with Gasteiger partial charge in [0, 0.05) is 92.1 Å². The van der Waals surface area contributed by atoms with Crippen LogP contribution in [-0.4, -0.2) is 106 Å². The number of aromatic amines is 5. The quantitative estimate of drug-likeness (QED) is 0.0386. The Kier molecular flexibility index (Phi) is 33.6. The van der Waals surface area contributed by atoms with Crippen molar-refractivity contribution in [3.8, 4) is 56.2 Å². The Labute approximate surface area is 850 Å². The zero-order chi connectivity index (χ0) is 105. The van der Waals surface area contributed by atoms with Gasteiger partial charge >= 0.3 is 24.6 Å². The van der Waals surface area contributed by atoms with Gasteiger partial charge in [-0.3, -0.25) is 24.7 Å². The zero-order valence-corrected chi connectivity index (χ0v) is 82.1. The molecule has 6 N–H and O–H groups in total. The summed E-state index contributed by atoms with van der Waals surface area (Å²) in [5, 5.41) is 6.54. The van der Waals surface area contributed by atoms with Crippen LogP contribution in [0.4, 0.5) is 55.3 Å². The summed E-state index contributed by atoms with van der Waals surface area (Å²) in [7, 11) is 0. The predicted molar refractivity (Wildman–Crippen MR) is 530 cm³/mol. The fraction of sp³-hybridized carbons (Fsp3) is 0.412. The van der Waals surface area contributed by atoms with E-state index in [4.69, 9.17) is 44.9 Å². The lowest BCUT2D eigenvalue weighted by atomic mass is 9.58. The second-order valence-corrected chi connectivity index (χ2v) is 41.4. The highest BCUT2D eigenvalue weighted by Gasteiger charge is 2.48. The number of carbonyl (C=O) groups excluding carboxylic acids is 9. The SMILES string of the molecule is C[C@H]1C2CCC(CC2)[C@@H]1Cc1cc(-c2c[nH]c3ncc(F)cc23)ncc1F.C[C@H]1C2CCC(CC2)[C@@H]1Cc1cc(-c2c[nH]c3ncc(F)cc23)ncc1F.Fc1cnc2[nH]cc(-c3cc(C[C@@H]4CC5CCC4CC5)c(F)cn3)c2c1.Fc1cnc2[nH]cc(-c3cc(C[C@H]4CC5CCC4CC5)c(F)cn3)c2c1.O=C=O.O=C=O.O=C=O.O=C=O.[C-]#[N+]c1cc(F)c(N[C@H]2C3CCC(CC3)[C@@H]2C(C)=O)cc1-c1c[nH]c2ncc(F)cc12. The van der Waals surface area contributed by atoms with Crippen molar-refractivity contribution < 1.29 is 87.1 Å². The second-order valence-electron chi connectivity index (χ2n) is 41.4. The van der Waals surface area contributed by atoms with Crippen molar-refractivity contribution in [1.82, 2.24) is 69.8 Å². The van der Waals surface area contributed by atoms with Gasteiger partial charge in [0.25, 0.3) is 0 Å². The normalized spacial score (nSPS) is 24.1. The number of nitrogens with zero attached hydrogens (tertiary/aromatic N) is 10. The highest BCUT2D eigenvalue weighted by molar-refractivity contribution is 5.99. The number of anilines is 1. The van der Waals surface area contributed by atoms with Crippen LogP contribution in [0.2, 0.25) is 0 Å². The Morgan fingerprint density at radius 3 is 0.893 bits per heavy atom. The number of aromatic nitrogens is 14. The molecule has 149 heavy (non-hydrogen) atoms. The minimum atomic E-state index is -0.525. The molecule has 25 nitrogen and oxygen atoms in total. The number of rotatable bonds is 16. The summed E-state index contributed by atoms with van der Waals surface area (Å²) in [5.74, 6) is 6.88. The lowest BCUT2D eigenvalue weighted by Gasteiger charge is -2.48. The van der Waals surface area contributed by atoms with Crippen molar-refractivity contribution >= 4 is 96.9 Å². The average Bonchev–Trinajstić information content (AvgIpc) is 1.75. The number of pyridine rings is 9. The maximum atomic E-state index is 15.0. The van der Waals surface area contributed by atoms with E-state index < -0.39 is 23.3 Å². The molecule has 770 valence electrons. The fourth-order valence-electron chi connectivity index (χ4n) is 26.6. The van der Waals surface area contributed by atoms with Gasteiger partial charge in [-0.2, -0.15) is 38.4 Å². The van der Waals surface area contributed by atoms with E-state index in [1.807, 2.05) is 24.3 Å². The van der Waals surface area contributed by atoms with Gasteiger partial charge in [-0.25, -0.2) is 73.7 Å². The molecule has 10 bridgehead atoms. The van der Waals surface area contributed by atoms with E-state index in [-0.39, 0.29) is 88.6 Å². The smallest absolute Gasteiger partial charge is 0.373 e. The van der Waals surface area contributed by atoms with Crippen LogP contribution in [0.25, 0.3) is 116 Å². The van der Waals surface area contributed by atoms with Gasteiger partial charge in [-0.05, 0) is 343 Å². The van der Waals surface area contributed by atoms with Crippen molar-refractivity contribution in [2.45, 2.75) is 194 Å². The molecular formula is C114H110F10N16O9. The molecule has 15 aliphatic rings. The number of ketones is 1. The van der Waals surface area contributed by atoms with Crippen LogP contribution < -0.4 is 5.32 Å². The van der Waals surface area contributed by atoms with E-state index in [0.29, 0.717) is 148 Å². The van der Waals surface area contributed by atoms with Gasteiger partial charge < -0.3 is 30.2 Å². The van der Waals surface area contributed by atoms with Gasteiger partial charge in [0.2, 0.25) is 0 Å². The first-order chi connectivity index (χ1) is 72.1. The number of fused-ring (bicyclic) bond motifs is 20. The summed E-state index contributed by atoms with van der Waals surface area (Å²) in [5.41, 5.74) is 13.0. The fourth-order valence-corrected chi connectivity index (χ4v) is 26.6.